The van der Waals surface area contributed by atoms with Gasteiger partial charge < -0.3 is 5.32 Å². The maximum Gasteiger partial charge on any atom is 0.140 e. The molecule has 2 aromatic rings. The normalized spacial score (nSPS) is 10.2. The van der Waals surface area contributed by atoms with Gasteiger partial charge in [0.15, 0.2) is 0 Å². The standard InChI is InChI=1S/C11H14N4/c1-2-6-13-10-4-3-5-11(14-10)15-8-7-12-9-15/h3-5,7-9H,2,6H2,1H3,(H,13,14). The molecule has 0 saturated carbocycles. The van der Waals surface area contributed by atoms with Crippen LogP contribution >= 0.6 is 0 Å². The monoisotopic (exact) mass is 202 g/mol. The molecule has 2 heterocycles. The van der Waals surface area contributed by atoms with E-state index in [1.807, 2.05) is 29.0 Å². The average molecular weight is 202 g/mol. The van der Waals surface area contributed by atoms with Gasteiger partial charge in [0.1, 0.15) is 18.0 Å². The molecule has 4 nitrogen and oxygen atoms in total. The van der Waals surface area contributed by atoms with Gasteiger partial charge in [0.05, 0.1) is 0 Å². The Morgan fingerprint density at radius 2 is 2.33 bits per heavy atom. The third-order valence-corrected chi connectivity index (χ3v) is 2.06. The summed E-state index contributed by atoms with van der Waals surface area (Å²) < 4.78 is 1.89. The van der Waals surface area contributed by atoms with Crippen LogP contribution < -0.4 is 5.32 Å². The smallest absolute Gasteiger partial charge is 0.140 e. The van der Waals surface area contributed by atoms with Gasteiger partial charge >= 0.3 is 0 Å². The number of hydrogen-bond acceptors (Lipinski definition) is 3. The molecule has 15 heavy (non-hydrogen) atoms. The Balaban J connectivity index is 2.19. The molecule has 0 aliphatic carbocycles. The number of hydrogen-bond donors (Lipinski definition) is 1. The third kappa shape index (κ3) is 2.34. The zero-order valence-electron chi connectivity index (χ0n) is 8.72. The molecule has 2 aromatic heterocycles. The Morgan fingerprint density at radius 3 is 3.07 bits per heavy atom. The molecule has 0 radical (unpaired) electrons. The van der Waals surface area contributed by atoms with Crippen molar-refractivity contribution >= 4 is 5.82 Å². The van der Waals surface area contributed by atoms with Crippen LogP contribution in [0.1, 0.15) is 13.3 Å². The first-order chi connectivity index (χ1) is 7.40. The molecule has 0 fully saturated rings. The van der Waals surface area contributed by atoms with Gasteiger partial charge in [0, 0.05) is 18.9 Å². The Hall–Kier alpha value is -1.84. The van der Waals surface area contributed by atoms with Crippen molar-refractivity contribution in [2.45, 2.75) is 13.3 Å². The number of nitrogens with one attached hydrogen (secondary N) is 1. The van der Waals surface area contributed by atoms with E-state index in [1.165, 1.54) is 0 Å². The maximum atomic E-state index is 4.46. The van der Waals surface area contributed by atoms with E-state index in [4.69, 9.17) is 0 Å². The molecule has 0 spiro atoms. The summed E-state index contributed by atoms with van der Waals surface area (Å²) in [7, 11) is 0. The van der Waals surface area contributed by atoms with Gasteiger partial charge in [0.25, 0.3) is 0 Å². The van der Waals surface area contributed by atoms with Gasteiger partial charge in [-0.1, -0.05) is 13.0 Å². The second-order valence-corrected chi connectivity index (χ2v) is 3.28. The predicted molar refractivity (Wildman–Crippen MR) is 60.1 cm³/mol. The van der Waals surface area contributed by atoms with Gasteiger partial charge in [-0.05, 0) is 18.6 Å². The second-order valence-electron chi connectivity index (χ2n) is 3.28. The van der Waals surface area contributed by atoms with E-state index in [0.29, 0.717) is 0 Å². The molecule has 0 aliphatic heterocycles. The van der Waals surface area contributed by atoms with Crippen LogP contribution in [0.2, 0.25) is 0 Å². The average Bonchev–Trinajstić information content (AvgIpc) is 2.80. The minimum atomic E-state index is 0.883. The highest BCUT2D eigenvalue weighted by atomic mass is 15.1. The molecule has 1 N–H and O–H groups in total. The van der Waals surface area contributed by atoms with Crippen LogP contribution in [-0.2, 0) is 0 Å². The zero-order chi connectivity index (χ0) is 10.5. The molecule has 0 bridgehead atoms. The van der Waals surface area contributed by atoms with Crippen molar-refractivity contribution in [1.82, 2.24) is 14.5 Å². The SMILES string of the molecule is CCCNc1cccc(-n2ccnc2)n1. The van der Waals surface area contributed by atoms with E-state index < -0.39 is 0 Å². The highest BCUT2D eigenvalue weighted by molar-refractivity contribution is 5.39. The molecule has 0 aromatic carbocycles. The van der Waals surface area contributed by atoms with E-state index in [0.717, 1.165) is 24.6 Å². The van der Waals surface area contributed by atoms with Gasteiger partial charge in [-0.25, -0.2) is 9.97 Å². The minimum absolute atomic E-state index is 0.883. The van der Waals surface area contributed by atoms with Gasteiger partial charge in [0.2, 0.25) is 0 Å². The minimum Gasteiger partial charge on any atom is -0.370 e. The molecule has 0 aliphatic rings. The Kier molecular flexibility index (Phi) is 2.97. The fourth-order valence-corrected chi connectivity index (χ4v) is 1.31. The molecule has 0 atom stereocenters. The number of nitrogens with zero attached hydrogens (tertiary/aromatic N) is 3. The number of aromatic nitrogens is 3. The third-order valence-electron chi connectivity index (χ3n) is 2.06. The van der Waals surface area contributed by atoms with Gasteiger partial charge in [-0.2, -0.15) is 0 Å². The van der Waals surface area contributed by atoms with E-state index >= 15 is 0 Å². The molecule has 0 unspecified atom stereocenters. The van der Waals surface area contributed by atoms with Crippen LogP contribution in [0.3, 0.4) is 0 Å². The molecular weight excluding hydrogens is 188 g/mol. The highest BCUT2D eigenvalue weighted by Crippen LogP contribution is 2.08. The van der Waals surface area contributed by atoms with Crippen molar-refractivity contribution in [3.8, 4) is 5.82 Å². The van der Waals surface area contributed by atoms with E-state index in [2.05, 4.69) is 22.2 Å². The van der Waals surface area contributed by atoms with Gasteiger partial charge in [-0.15, -0.1) is 0 Å². The van der Waals surface area contributed by atoms with Crippen molar-refractivity contribution in [2.24, 2.45) is 0 Å². The predicted octanol–water partition coefficient (Wildman–Crippen LogP) is 2.09. The van der Waals surface area contributed by atoms with Crippen LogP contribution in [0.15, 0.2) is 36.9 Å². The summed E-state index contributed by atoms with van der Waals surface area (Å²) in [5.41, 5.74) is 0. The lowest BCUT2D eigenvalue weighted by Gasteiger charge is -2.06. The van der Waals surface area contributed by atoms with Crippen LogP contribution in [0.5, 0.6) is 0 Å². The zero-order valence-corrected chi connectivity index (χ0v) is 8.72. The van der Waals surface area contributed by atoms with Crippen LogP contribution in [-0.4, -0.2) is 21.1 Å². The van der Waals surface area contributed by atoms with Crippen LogP contribution in [0.4, 0.5) is 5.82 Å². The quantitative estimate of drug-likeness (QED) is 0.825. The molecule has 0 amide bonds. The fraction of sp³-hybridized carbons (Fsp3) is 0.273. The molecular formula is C11H14N4. The van der Waals surface area contributed by atoms with Crippen molar-refractivity contribution in [3.63, 3.8) is 0 Å². The summed E-state index contributed by atoms with van der Waals surface area (Å²) in [4.78, 5) is 8.46. The lowest BCUT2D eigenvalue weighted by Crippen LogP contribution is -2.03. The lowest BCUT2D eigenvalue weighted by atomic mass is 10.4. The van der Waals surface area contributed by atoms with Crippen molar-refractivity contribution in [2.75, 3.05) is 11.9 Å². The van der Waals surface area contributed by atoms with Crippen LogP contribution in [0.25, 0.3) is 5.82 Å². The van der Waals surface area contributed by atoms with Crippen molar-refractivity contribution in [3.05, 3.63) is 36.9 Å². The number of rotatable bonds is 4. The lowest BCUT2D eigenvalue weighted by molar-refractivity contribution is 0.950. The largest absolute Gasteiger partial charge is 0.370 e. The molecule has 2 rings (SSSR count). The Morgan fingerprint density at radius 1 is 1.40 bits per heavy atom. The molecule has 78 valence electrons. The Labute approximate surface area is 89.0 Å². The summed E-state index contributed by atoms with van der Waals surface area (Å²) in [5, 5.41) is 3.25. The fourth-order valence-electron chi connectivity index (χ4n) is 1.31. The van der Waals surface area contributed by atoms with E-state index in [9.17, 15) is 0 Å². The summed E-state index contributed by atoms with van der Waals surface area (Å²) in [5.74, 6) is 1.79. The van der Waals surface area contributed by atoms with Crippen LogP contribution in [0, 0.1) is 0 Å². The summed E-state index contributed by atoms with van der Waals surface area (Å²) >= 11 is 0. The first-order valence-electron chi connectivity index (χ1n) is 5.09. The van der Waals surface area contributed by atoms with Crippen molar-refractivity contribution < 1.29 is 0 Å². The highest BCUT2D eigenvalue weighted by Gasteiger charge is 1.98. The number of imidazole rings is 1. The Bertz CT molecular complexity index is 408. The number of anilines is 1. The summed E-state index contributed by atoms with van der Waals surface area (Å²) in [6, 6.07) is 5.91. The topological polar surface area (TPSA) is 42.7 Å². The summed E-state index contributed by atoms with van der Waals surface area (Å²) in [6.45, 7) is 3.08. The van der Waals surface area contributed by atoms with Gasteiger partial charge in [-0.3, -0.25) is 4.57 Å². The van der Waals surface area contributed by atoms with E-state index in [-0.39, 0.29) is 0 Å². The maximum absolute atomic E-state index is 4.46. The van der Waals surface area contributed by atoms with Crippen molar-refractivity contribution in [1.29, 1.82) is 0 Å². The number of pyridine rings is 1. The second kappa shape index (κ2) is 4.59. The first kappa shape index (κ1) is 9.71. The summed E-state index contributed by atoms with van der Waals surface area (Å²) in [6.07, 6.45) is 6.46. The molecule has 4 heteroatoms. The molecule has 0 saturated heterocycles. The first-order valence-corrected chi connectivity index (χ1v) is 5.09. The van der Waals surface area contributed by atoms with E-state index in [1.54, 1.807) is 12.5 Å².